The van der Waals surface area contributed by atoms with E-state index < -0.39 is 18.2 Å². The third kappa shape index (κ3) is 5.85. The first-order chi connectivity index (χ1) is 13.7. The molecule has 3 atom stereocenters. The molecule has 1 aromatic heterocycles. The summed E-state index contributed by atoms with van der Waals surface area (Å²) in [5.74, 6) is -0.264. The number of carbonyl (C=O) groups is 2. The van der Waals surface area contributed by atoms with Crippen LogP contribution in [0.3, 0.4) is 0 Å². The van der Waals surface area contributed by atoms with Gasteiger partial charge in [0.05, 0.1) is 25.2 Å². The zero-order chi connectivity index (χ0) is 19.8. The van der Waals surface area contributed by atoms with Crippen molar-refractivity contribution in [2.24, 2.45) is 5.92 Å². The number of nitrogens with zero attached hydrogens (tertiary/aromatic N) is 1. The molecule has 3 heterocycles. The van der Waals surface area contributed by atoms with Gasteiger partial charge < -0.3 is 25.2 Å². The standard InChI is InChI=1S/C20H27N3O5/c24-13-18-17(23-20(26)15-5-9-27-10-6-15)2-1-16(28-18)11-19(25)22-12-14-3-7-21-8-4-14/h1-4,7-8,15-18,24H,5-6,9-13H2,(H,22,25)(H,23,26)/t16-,17-,18+/m1/s1. The minimum Gasteiger partial charge on any atom is -0.394 e. The van der Waals surface area contributed by atoms with Crippen LogP contribution in [0.5, 0.6) is 0 Å². The van der Waals surface area contributed by atoms with Crippen molar-refractivity contribution in [2.75, 3.05) is 19.8 Å². The summed E-state index contributed by atoms with van der Waals surface area (Å²) in [7, 11) is 0. The van der Waals surface area contributed by atoms with Crippen molar-refractivity contribution in [2.45, 2.75) is 44.1 Å². The van der Waals surface area contributed by atoms with Crippen LogP contribution < -0.4 is 10.6 Å². The maximum Gasteiger partial charge on any atom is 0.223 e. The predicted octanol–water partition coefficient (Wildman–Crippen LogP) is 0.315. The molecule has 2 amide bonds. The number of nitrogens with one attached hydrogen (secondary N) is 2. The zero-order valence-corrected chi connectivity index (χ0v) is 15.8. The molecule has 0 saturated carbocycles. The number of hydrogen-bond donors (Lipinski definition) is 3. The van der Waals surface area contributed by atoms with E-state index in [1.54, 1.807) is 18.5 Å². The molecule has 2 aliphatic rings. The second-order valence-electron chi connectivity index (χ2n) is 7.04. The summed E-state index contributed by atoms with van der Waals surface area (Å²) in [6, 6.07) is 3.27. The molecule has 1 saturated heterocycles. The average Bonchev–Trinajstić information content (AvgIpc) is 2.74. The molecule has 0 radical (unpaired) electrons. The summed E-state index contributed by atoms with van der Waals surface area (Å²) >= 11 is 0. The van der Waals surface area contributed by atoms with Crippen LogP contribution in [0.25, 0.3) is 0 Å². The van der Waals surface area contributed by atoms with Crippen LogP contribution in [0.4, 0.5) is 0 Å². The highest BCUT2D eigenvalue weighted by molar-refractivity contribution is 5.79. The summed E-state index contributed by atoms with van der Waals surface area (Å²) in [4.78, 5) is 28.5. The molecule has 1 fully saturated rings. The monoisotopic (exact) mass is 389 g/mol. The van der Waals surface area contributed by atoms with Crippen molar-refractivity contribution < 1.29 is 24.2 Å². The molecule has 152 valence electrons. The Kier molecular flexibility index (Phi) is 7.53. The maximum atomic E-state index is 12.4. The highest BCUT2D eigenvalue weighted by Gasteiger charge is 2.31. The smallest absolute Gasteiger partial charge is 0.223 e. The Morgan fingerprint density at radius 2 is 1.93 bits per heavy atom. The summed E-state index contributed by atoms with van der Waals surface area (Å²) in [6.07, 6.45) is 7.47. The fraction of sp³-hybridized carbons (Fsp3) is 0.550. The van der Waals surface area contributed by atoms with Crippen LogP contribution in [0.15, 0.2) is 36.7 Å². The molecular weight excluding hydrogens is 362 g/mol. The van der Waals surface area contributed by atoms with Gasteiger partial charge >= 0.3 is 0 Å². The Hall–Kier alpha value is -2.29. The molecular formula is C20H27N3O5. The quantitative estimate of drug-likeness (QED) is 0.579. The van der Waals surface area contributed by atoms with E-state index >= 15 is 0 Å². The summed E-state index contributed by atoms with van der Waals surface area (Å²) in [5.41, 5.74) is 0.965. The molecule has 1 aromatic rings. The van der Waals surface area contributed by atoms with E-state index in [0.717, 1.165) is 5.56 Å². The lowest BCUT2D eigenvalue weighted by Crippen LogP contribution is -2.50. The van der Waals surface area contributed by atoms with Gasteiger partial charge in [0.1, 0.15) is 6.10 Å². The lowest BCUT2D eigenvalue weighted by Gasteiger charge is -2.33. The van der Waals surface area contributed by atoms with Crippen molar-refractivity contribution >= 4 is 11.8 Å². The Bertz CT molecular complexity index is 676. The van der Waals surface area contributed by atoms with Crippen molar-refractivity contribution in [3.05, 3.63) is 42.2 Å². The van der Waals surface area contributed by atoms with Gasteiger partial charge in [0.25, 0.3) is 0 Å². The van der Waals surface area contributed by atoms with Gasteiger partial charge in [-0.05, 0) is 30.5 Å². The summed E-state index contributed by atoms with van der Waals surface area (Å²) in [5, 5.41) is 15.4. The number of ether oxygens (including phenoxy) is 2. The Morgan fingerprint density at radius 3 is 2.64 bits per heavy atom. The minimum absolute atomic E-state index is 0.0476. The molecule has 3 rings (SSSR count). The van der Waals surface area contributed by atoms with E-state index in [0.29, 0.717) is 32.6 Å². The molecule has 8 nitrogen and oxygen atoms in total. The van der Waals surface area contributed by atoms with Gasteiger partial charge in [-0.1, -0.05) is 12.2 Å². The van der Waals surface area contributed by atoms with Crippen molar-refractivity contribution in [1.29, 1.82) is 0 Å². The van der Waals surface area contributed by atoms with E-state index in [4.69, 9.17) is 9.47 Å². The van der Waals surface area contributed by atoms with Gasteiger partial charge in [-0.25, -0.2) is 0 Å². The second kappa shape index (κ2) is 10.3. The Balaban J connectivity index is 1.48. The molecule has 0 aromatic carbocycles. The zero-order valence-electron chi connectivity index (χ0n) is 15.8. The fourth-order valence-corrected chi connectivity index (χ4v) is 3.33. The van der Waals surface area contributed by atoms with Crippen LogP contribution in [0.2, 0.25) is 0 Å². The highest BCUT2D eigenvalue weighted by atomic mass is 16.5. The molecule has 0 unspecified atom stereocenters. The third-order valence-corrected chi connectivity index (χ3v) is 4.99. The first-order valence-corrected chi connectivity index (χ1v) is 9.64. The van der Waals surface area contributed by atoms with Crippen LogP contribution in [0.1, 0.15) is 24.8 Å². The van der Waals surface area contributed by atoms with Crippen molar-refractivity contribution in [3.8, 4) is 0 Å². The number of rotatable bonds is 7. The SMILES string of the molecule is O=C(C[C@H]1C=C[C@@H](NC(=O)C2CCOCC2)[C@H](CO)O1)NCc1ccncc1. The Labute approximate surface area is 164 Å². The molecule has 0 bridgehead atoms. The molecule has 8 heteroatoms. The van der Waals surface area contributed by atoms with Crippen LogP contribution in [-0.2, 0) is 25.6 Å². The number of aliphatic hydroxyl groups excluding tert-OH is 1. The van der Waals surface area contributed by atoms with Crippen LogP contribution >= 0.6 is 0 Å². The lowest BCUT2D eigenvalue weighted by atomic mass is 9.97. The van der Waals surface area contributed by atoms with Crippen LogP contribution in [0, 0.1) is 5.92 Å². The minimum atomic E-state index is -0.577. The first-order valence-electron chi connectivity index (χ1n) is 9.64. The lowest BCUT2D eigenvalue weighted by molar-refractivity contribution is -0.132. The van der Waals surface area contributed by atoms with Gasteiger partial charge in [-0.2, -0.15) is 0 Å². The average molecular weight is 389 g/mol. The largest absolute Gasteiger partial charge is 0.394 e. The number of aliphatic hydroxyl groups is 1. The number of pyridine rings is 1. The van der Waals surface area contributed by atoms with Gasteiger partial charge in [-0.15, -0.1) is 0 Å². The first kappa shape index (κ1) is 20.4. The van der Waals surface area contributed by atoms with Gasteiger partial charge in [-0.3, -0.25) is 14.6 Å². The third-order valence-electron chi connectivity index (χ3n) is 4.99. The van der Waals surface area contributed by atoms with E-state index in [1.807, 2.05) is 18.2 Å². The summed E-state index contributed by atoms with van der Waals surface area (Å²) in [6.45, 7) is 1.37. The number of carbonyl (C=O) groups excluding carboxylic acids is 2. The van der Waals surface area contributed by atoms with Gasteiger partial charge in [0, 0.05) is 38.1 Å². The number of aromatic nitrogens is 1. The normalized spacial score (nSPS) is 25.2. The Morgan fingerprint density at radius 1 is 1.18 bits per heavy atom. The number of amides is 2. The fourth-order valence-electron chi connectivity index (χ4n) is 3.33. The molecule has 0 spiro atoms. The predicted molar refractivity (Wildman–Crippen MR) is 101 cm³/mol. The molecule has 2 aliphatic heterocycles. The van der Waals surface area contributed by atoms with Crippen molar-refractivity contribution in [1.82, 2.24) is 15.6 Å². The van der Waals surface area contributed by atoms with Crippen LogP contribution in [-0.4, -0.2) is 60.0 Å². The maximum absolute atomic E-state index is 12.4. The number of hydrogen-bond acceptors (Lipinski definition) is 6. The van der Waals surface area contributed by atoms with Crippen molar-refractivity contribution in [3.63, 3.8) is 0 Å². The second-order valence-corrected chi connectivity index (χ2v) is 7.04. The summed E-state index contributed by atoms with van der Waals surface area (Å²) < 4.78 is 11.1. The molecule has 28 heavy (non-hydrogen) atoms. The van der Waals surface area contributed by atoms with Gasteiger partial charge in [0.2, 0.25) is 11.8 Å². The van der Waals surface area contributed by atoms with E-state index in [2.05, 4.69) is 15.6 Å². The van der Waals surface area contributed by atoms with E-state index in [9.17, 15) is 14.7 Å². The van der Waals surface area contributed by atoms with E-state index in [1.165, 1.54) is 0 Å². The van der Waals surface area contributed by atoms with Gasteiger partial charge in [0.15, 0.2) is 0 Å². The molecule has 0 aliphatic carbocycles. The topological polar surface area (TPSA) is 110 Å². The molecule has 3 N–H and O–H groups in total. The highest BCUT2D eigenvalue weighted by Crippen LogP contribution is 2.19. The van der Waals surface area contributed by atoms with E-state index in [-0.39, 0.29) is 30.8 Å².